The van der Waals surface area contributed by atoms with Crippen molar-refractivity contribution >= 4 is 22.5 Å². The summed E-state index contributed by atoms with van der Waals surface area (Å²) < 4.78 is 13.4. The highest BCUT2D eigenvalue weighted by Gasteiger charge is 2.13. The summed E-state index contributed by atoms with van der Waals surface area (Å²) in [6.07, 6.45) is 5.47. The first-order valence-electron chi connectivity index (χ1n) is 10.6. The summed E-state index contributed by atoms with van der Waals surface area (Å²) in [4.78, 5) is 9.61. The summed E-state index contributed by atoms with van der Waals surface area (Å²) in [5, 5.41) is 15.3. The van der Waals surface area contributed by atoms with Gasteiger partial charge in [-0.05, 0) is 37.3 Å². The summed E-state index contributed by atoms with van der Waals surface area (Å²) in [5.74, 6) is 3.38. The van der Waals surface area contributed by atoms with Crippen LogP contribution in [0.3, 0.4) is 0 Å². The molecule has 0 aliphatic carbocycles. The molecule has 0 fully saturated rings. The second kappa shape index (κ2) is 8.99. The second-order valence-electron chi connectivity index (χ2n) is 7.43. The average molecular weight is 441 g/mol. The van der Waals surface area contributed by atoms with Crippen LogP contribution in [0.2, 0.25) is 0 Å². The van der Waals surface area contributed by atoms with Crippen molar-refractivity contribution in [1.82, 2.24) is 29.9 Å². The number of rotatable bonds is 8. The maximum atomic E-state index is 5.96. The van der Waals surface area contributed by atoms with E-state index in [2.05, 4.69) is 20.6 Å². The molecule has 3 aromatic heterocycles. The van der Waals surface area contributed by atoms with E-state index in [4.69, 9.17) is 19.4 Å². The van der Waals surface area contributed by atoms with Crippen LogP contribution in [0.4, 0.5) is 11.6 Å². The molecule has 9 nitrogen and oxygen atoms in total. The van der Waals surface area contributed by atoms with E-state index in [1.807, 2.05) is 68.7 Å². The summed E-state index contributed by atoms with van der Waals surface area (Å²) in [5.41, 5.74) is 2.64. The van der Waals surface area contributed by atoms with E-state index in [0.29, 0.717) is 30.7 Å². The van der Waals surface area contributed by atoms with Crippen molar-refractivity contribution in [3.63, 3.8) is 0 Å². The third-order valence-corrected chi connectivity index (χ3v) is 4.98. The quantitative estimate of drug-likeness (QED) is 0.366. The number of fused-ring (bicyclic) bond motifs is 1. The molecule has 0 bridgehead atoms. The van der Waals surface area contributed by atoms with Crippen LogP contribution in [0.1, 0.15) is 12.5 Å². The van der Waals surface area contributed by atoms with Gasteiger partial charge in [-0.3, -0.25) is 9.78 Å². The molecule has 3 heterocycles. The van der Waals surface area contributed by atoms with Gasteiger partial charge in [-0.25, -0.2) is 9.97 Å². The molecule has 33 heavy (non-hydrogen) atoms. The van der Waals surface area contributed by atoms with Crippen molar-refractivity contribution < 1.29 is 9.47 Å². The van der Waals surface area contributed by atoms with Gasteiger partial charge in [0.05, 0.1) is 18.3 Å². The number of anilines is 2. The van der Waals surface area contributed by atoms with Crippen LogP contribution in [0.25, 0.3) is 22.3 Å². The molecule has 0 radical (unpaired) electrons. The van der Waals surface area contributed by atoms with E-state index in [0.717, 1.165) is 33.5 Å². The van der Waals surface area contributed by atoms with Gasteiger partial charge in [0.25, 0.3) is 0 Å². The van der Waals surface area contributed by atoms with Crippen LogP contribution in [0.15, 0.2) is 67.1 Å². The first kappa shape index (κ1) is 20.5. The molecule has 0 saturated carbocycles. The molecule has 166 valence electrons. The molecular formula is C24H23N7O2. The van der Waals surface area contributed by atoms with Crippen LogP contribution >= 0.6 is 0 Å². The Labute approximate surface area is 190 Å². The van der Waals surface area contributed by atoms with Crippen molar-refractivity contribution in [3.05, 3.63) is 72.7 Å². The lowest BCUT2D eigenvalue weighted by Gasteiger charge is -2.12. The van der Waals surface area contributed by atoms with Gasteiger partial charge in [-0.2, -0.15) is 10.2 Å². The number of hydrogen-bond acceptors (Lipinski definition) is 7. The van der Waals surface area contributed by atoms with E-state index in [1.165, 1.54) is 0 Å². The summed E-state index contributed by atoms with van der Waals surface area (Å²) in [6.45, 7) is 2.97. The topological polar surface area (TPSA) is 103 Å². The molecule has 5 rings (SSSR count). The minimum atomic E-state index is 0.433. The molecule has 0 spiro atoms. The summed E-state index contributed by atoms with van der Waals surface area (Å²) >= 11 is 0. The van der Waals surface area contributed by atoms with Crippen LogP contribution in [0.5, 0.6) is 11.5 Å². The Balaban J connectivity index is 1.50. The Morgan fingerprint density at radius 2 is 1.94 bits per heavy atom. The standard InChI is InChI=1S/C24H23N7O2/c1-3-32-19-7-8-21-20(12-19)24(28-22-9-10-25-30-22)29-23(27-21)17-5-4-6-18(11-17)33-15-16-13-26-31(2)14-16/h4-14H,3,15H2,1-2H3,(H2,25,27,28,29,30). The fourth-order valence-electron chi connectivity index (χ4n) is 3.48. The van der Waals surface area contributed by atoms with E-state index >= 15 is 0 Å². The lowest BCUT2D eigenvalue weighted by atomic mass is 10.1. The predicted molar refractivity (Wildman–Crippen MR) is 126 cm³/mol. The normalized spacial score (nSPS) is 11.0. The monoisotopic (exact) mass is 441 g/mol. The number of H-pyrrole nitrogens is 1. The Bertz CT molecular complexity index is 1380. The zero-order valence-electron chi connectivity index (χ0n) is 18.3. The molecule has 0 atom stereocenters. The fourth-order valence-corrected chi connectivity index (χ4v) is 3.48. The van der Waals surface area contributed by atoms with Crippen LogP contribution in [0, 0.1) is 0 Å². The van der Waals surface area contributed by atoms with Crippen molar-refractivity contribution in [2.75, 3.05) is 11.9 Å². The van der Waals surface area contributed by atoms with Crippen molar-refractivity contribution in [1.29, 1.82) is 0 Å². The third-order valence-electron chi connectivity index (χ3n) is 4.98. The number of ether oxygens (including phenoxy) is 2. The fraction of sp³-hybridized carbons (Fsp3) is 0.167. The van der Waals surface area contributed by atoms with E-state index in [1.54, 1.807) is 17.1 Å². The van der Waals surface area contributed by atoms with Gasteiger partial charge in [-0.15, -0.1) is 0 Å². The molecule has 0 saturated heterocycles. The lowest BCUT2D eigenvalue weighted by Crippen LogP contribution is -2.01. The Hall–Kier alpha value is -4.40. The molecule has 0 unspecified atom stereocenters. The molecule has 5 aromatic rings. The molecule has 0 amide bonds. The average Bonchev–Trinajstić information content (AvgIpc) is 3.50. The first-order valence-corrected chi connectivity index (χ1v) is 10.6. The predicted octanol–water partition coefficient (Wildman–Crippen LogP) is 4.47. The minimum absolute atomic E-state index is 0.433. The number of hydrogen-bond donors (Lipinski definition) is 2. The maximum Gasteiger partial charge on any atom is 0.162 e. The first-order chi connectivity index (χ1) is 16.2. The highest BCUT2D eigenvalue weighted by Crippen LogP contribution is 2.31. The number of benzene rings is 2. The highest BCUT2D eigenvalue weighted by atomic mass is 16.5. The Morgan fingerprint density at radius 3 is 2.73 bits per heavy atom. The van der Waals surface area contributed by atoms with Gasteiger partial charge in [0.15, 0.2) is 11.6 Å². The highest BCUT2D eigenvalue weighted by molar-refractivity contribution is 5.93. The molecule has 9 heteroatoms. The van der Waals surface area contributed by atoms with Gasteiger partial charge < -0.3 is 14.8 Å². The zero-order valence-corrected chi connectivity index (χ0v) is 18.3. The van der Waals surface area contributed by atoms with Crippen LogP contribution in [-0.4, -0.2) is 36.6 Å². The van der Waals surface area contributed by atoms with Crippen molar-refractivity contribution in [2.45, 2.75) is 13.5 Å². The van der Waals surface area contributed by atoms with Crippen molar-refractivity contribution in [2.24, 2.45) is 7.05 Å². The third kappa shape index (κ3) is 4.62. The van der Waals surface area contributed by atoms with Crippen molar-refractivity contribution in [3.8, 4) is 22.9 Å². The summed E-state index contributed by atoms with van der Waals surface area (Å²) in [7, 11) is 1.88. The zero-order chi connectivity index (χ0) is 22.6. The molecule has 2 aromatic carbocycles. The van der Waals surface area contributed by atoms with E-state index in [9.17, 15) is 0 Å². The smallest absolute Gasteiger partial charge is 0.162 e. The second-order valence-corrected chi connectivity index (χ2v) is 7.43. The maximum absolute atomic E-state index is 5.96. The molecule has 0 aliphatic rings. The van der Waals surface area contributed by atoms with E-state index < -0.39 is 0 Å². The number of nitrogens with zero attached hydrogens (tertiary/aromatic N) is 5. The molecular weight excluding hydrogens is 418 g/mol. The molecule has 0 aliphatic heterocycles. The lowest BCUT2D eigenvalue weighted by molar-refractivity contribution is 0.306. The minimum Gasteiger partial charge on any atom is -0.494 e. The number of aromatic amines is 1. The Kier molecular flexibility index (Phi) is 5.59. The van der Waals surface area contributed by atoms with Crippen LogP contribution in [-0.2, 0) is 13.7 Å². The van der Waals surface area contributed by atoms with Gasteiger partial charge in [0.1, 0.15) is 23.9 Å². The van der Waals surface area contributed by atoms with Gasteiger partial charge in [0.2, 0.25) is 0 Å². The largest absolute Gasteiger partial charge is 0.494 e. The number of aromatic nitrogens is 6. The Morgan fingerprint density at radius 1 is 1.03 bits per heavy atom. The number of nitrogens with one attached hydrogen (secondary N) is 2. The van der Waals surface area contributed by atoms with Gasteiger partial charge in [-0.1, -0.05) is 12.1 Å². The van der Waals surface area contributed by atoms with Crippen LogP contribution < -0.4 is 14.8 Å². The van der Waals surface area contributed by atoms with E-state index in [-0.39, 0.29) is 0 Å². The SMILES string of the molecule is CCOc1ccc2nc(-c3cccc(OCc4cnn(C)c4)c3)nc(Nc3cc[nH]n3)c2c1. The van der Waals surface area contributed by atoms with Gasteiger partial charge >= 0.3 is 0 Å². The summed E-state index contributed by atoms with van der Waals surface area (Å²) in [6, 6.07) is 15.4. The van der Waals surface area contributed by atoms with Gasteiger partial charge in [0, 0.05) is 42.0 Å². The number of aryl methyl sites for hydroxylation is 1. The molecule has 2 N–H and O–H groups in total.